The second-order valence-corrected chi connectivity index (χ2v) is 5.41. The first-order chi connectivity index (χ1) is 8.85. The van der Waals surface area contributed by atoms with Gasteiger partial charge in [-0.05, 0) is 25.7 Å². The van der Waals surface area contributed by atoms with Crippen molar-refractivity contribution < 1.29 is 9.84 Å². The summed E-state index contributed by atoms with van der Waals surface area (Å²) in [5, 5.41) is 13.8. The molecular formula is C13H21N3O2. The van der Waals surface area contributed by atoms with E-state index in [0.717, 1.165) is 50.5 Å². The lowest BCUT2D eigenvalue weighted by atomic mass is 10.0. The normalized spacial score (nSPS) is 28.1. The van der Waals surface area contributed by atoms with E-state index in [4.69, 9.17) is 4.74 Å². The summed E-state index contributed by atoms with van der Waals surface area (Å²) in [6.07, 6.45) is 6.66. The van der Waals surface area contributed by atoms with E-state index in [0.29, 0.717) is 12.0 Å². The third kappa shape index (κ3) is 2.57. The third-order valence-corrected chi connectivity index (χ3v) is 3.94. The van der Waals surface area contributed by atoms with E-state index in [2.05, 4.69) is 10.1 Å². The minimum Gasteiger partial charge on any atom is -0.396 e. The Morgan fingerprint density at radius 2 is 2.28 bits per heavy atom. The zero-order chi connectivity index (χ0) is 12.4. The van der Waals surface area contributed by atoms with Crippen LogP contribution >= 0.6 is 0 Å². The van der Waals surface area contributed by atoms with E-state index in [1.165, 1.54) is 12.8 Å². The zero-order valence-corrected chi connectivity index (χ0v) is 10.7. The molecule has 1 saturated heterocycles. The van der Waals surface area contributed by atoms with Gasteiger partial charge in [-0.3, -0.25) is 0 Å². The van der Waals surface area contributed by atoms with Crippen LogP contribution in [0.1, 0.15) is 37.3 Å². The smallest absolute Gasteiger partial charge is 0.153 e. The van der Waals surface area contributed by atoms with E-state index >= 15 is 0 Å². The minimum atomic E-state index is 0.250. The first kappa shape index (κ1) is 12.1. The molecule has 0 saturated carbocycles. The molecule has 2 unspecified atom stereocenters. The van der Waals surface area contributed by atoms with Crippen molar-refractivity contribution in [2.24, 2.45) is 5.92 Å². The molecule has 1 N–H and O–H groups in total. The number of aromatic nitrogens is 3. The molecular weight excluding hydrogens is 230 g/mol. The number of nitrogens with zero attached hydrogens (tertiary/aromatic N) is 3. The van der Waals surface area contributed by atoms with E-state index in [1.807, 2.05) is 4.68 Å². The molecule has 2 atom stereocenters. The standard InChI is InChI=1S/C13H21N3O2/c17-9-10-4-5-13-14-12(15-16(13)8-10)7-11-3-1-2-6-18-11/h10-11,17H,1-9H2. The molecule has 0 spiro atoms. The van der Waals surface area contributed by atoms with Gasteiger partial charge in [-0.2, -0.15) is 5.10 Å². The Hall–Kier alpha value is -0.940. The van der Waals surface area contributed by atoms with Gasteiger partial charge in [0, 0.05) is 38.5 Å². The molecule has 5 heteroatoms. The summed E-state index contributed by atoms with van der Waals surface area (Å²) in [7, 11) is 0. The SMILES string of the molecule is OCC1CCc2nc(CC3CCCCO3)nn2C1. The van der Waals surface area contributed by atoms with Crippen molar-refractivity contribution in [1.29, 1.82) is 0 Å². The van der Waals surface area contributed by atoms with Crippen LogP contribution in [0.25, 0.3) is 0 Å². The number of rotatable bonds is 3. The van der Waals surface area contributed by atoms with Crippen molar-refractivity contribution in [3.8, 4) is 0 Å². The molecule has 0 aliphatic carbocycles. The maximum absolute atomic E-state index is 9.20. The molecule has 1 aromatic rings. The lowest BCUT2D eigenvalue weighted by Crippen LogP contribution is -2.24. The van der Waals surface area contributed by atoms with Crippen LogP contribution in [0.5, 0.6) is 0 Å². The summed E-state index contributed by atoms with van der Waals surface area (Å²) in [5.41, 5.74) is 0. The van der Waals surface area contributed by atoms with E-state index in [-0.39, 0.29) is 6.61 Å². The zero-order valence-electron chi connectivity index (χ0n) is 10.7. The third-order valence-electron chi connectivity index (χ3n) is 3.94. The highest BCUT2D eigenvalue weighted by atomic mass is 16.5. The largest absolute Gasteiger partial charge is 0.396 e. The number of aliphatic hydroxyl groups is 1. The van der Waals surface area contributed by atoms with Gasteiger partial charge >= 0.3 is 0 Å². The molecule has 100 valence electrons. The van der Waals surface area contributed by atoms with Gasteiger partial charge in [-0.1, -0.05) is 0 Å². The van der Waals surface area contributed by atoms with Crippen LogP contribution in [0.3, 0.4) is 0 Å². The Bertz CT molecular complexity index is 399. The Kier molecular flexibility index (Phi) is 3.61. The van der Waals surface area contributed by atoms with E-state index in [1.54, 1.807) is 0 Å². The highest BCUT2D eigenvalue weighted by Crippen LogP contribution is 2.20. The maximum Gasteiger partial charge on any atom is 0.153 e. The van der Waals surface area contributed by atoms with Gasteiger partial charge in [0.2, 0.25) is 0 Å². The van der Waals surface area contributed by atoms with Gasteiger partial charge in [0.05, 0.1) is 6.10 Å². The van der Waals surface area contributed by atoms with Crippen LogP contribution in [0.2, 0.25) is 0 Å². The molecule has 0 amide bonds. The van der Waals surface area contributed by atoms with E-state index < -0.39 is 0 Å². The Balaban J connectivity index is 1.65. The number of hydrogen-bond acceptors (Lipinski definition) is 4. The lowest BCUT2D eigenvalue weighted by molar-refractivity contribution is 0.0156. The number of fused-ring (bicyclic) bond motifs is 1. The molecule has 1 aromatic heterocycles. The average molecular weight is 251 g/mol. The van der Waals surface area contributed by atoms with Gasteiger partial charge in [-0.15, -0.1) is 0 Å². The predicted octanol–water partition coefficient (Wildman–Crippen LogP) is 0.944. The second kappa shape index (κ2) is 5.36. The fraction of sp³-hybridized carbons (Fsp3) is 0.846. The molecule has 0 radical (unpaired) electrons. The highest BCUT2D eigenvalue weighted by Gasteiger charge is 2.23. The summed E-state index contributed by atoms with van der Waals surface area (Å²) in [4.78, 5) is 4.60. The summed E-state index contributed by atoms with van der Waals surface area (Å²) in [6, 6.07) is 0. The van der Waals surface area contributed by atoms with Crippen LogP contribution in [0.15, 0.2) is 0 Å². The first-order valence-corrected chi connectivity index (χ1v) is 7.00. The molecule has 5 nitrogen and oxygen atoms in total. The Morgan fingerprint density at radius 1 is 1.33 bits per heavy atom. The fourth-order valence-corrected chi connectivity index (χ4v) is 2.83. The number of aliphatic hydroxyl groups excluding tert-OH is 1. The molecule has 3 rings (SSSR count). The van der Waals surface area contributed by atoms with E-state index in [9.17, 15) is 5.11 Å². The maximum atomic E-state index is 9.20. The van der Waals surface area contributed by atoms with Crippen molar-refractivity contribution >= 4 is 0 Å². The lowest BCUT2D eigenvalue weighted by Gasteiger charge is -2.21. The Labute approximate surface area is 107 Å². The number of aryl methyl sites for hydroxylation is 1. The van der Waals surface area contributed by atoms with Crippen LogP contribution in [0.4, 0.5) is 0 Å². The molecule has 0 aromatic carbocycles. The Morgan fingerprint density at radius 3 is 3.06 bits per heavy atom. The first-order valence-electron chi connectivity index (χ1n) is 7.00. The molecule has 0 bridgehead atoms. The summed E-state index contributed by atoms with van der Waals surface area (Å²) in [5.74, 6) is 2.33. The minimum absolute atomic E-state index is 0.250. The van der Waals surface area contributed by atoms with Crippen LogP contribution in [-0.4, -0.2) is 39.2 Å². The topological polar surface area (TPSA) is 60.2 Å². The molecule has 18 heavy (non-hydrogen) atoms. The van der Waals surface area contributed by atoms with Crippen molar-refractivity contribution in [1.82, 2.24) is 14.8 Å². The summed E-state index contributed by atoms with van der Waals surface area (Å²) < 4.78 is 7.70. The predicted molar refractivity (Wildman–Crippen MR) is 66.2 cm³/mol. The van der Waals surface area contributed by atoms with Crippen molar-refractivity contribution in [2.75, 3.05) is 13.2 Å². The van der Waals surface area contributed by atoms with Gasteiger partial charge in [0.25, 0.3) is 0 Å². The van der Waals surface area contributed by atoms with Gasteiger partial charge in [0.15, 0.2) is 5.82 Å². The fourth-order valence-electron chi connectivity index (χ4n) is 2.83. The summed E-state index contributed by atoms with van der Waals surface area (Å²) >= 11 is 0. The monoisotopic (exact) mass is 251 g/mol. The van der Waals surface area contributed by atoms with Gasteiger partial charge < -0.3 is 9.84 Å². The van der Waals surface area contributed by atoms with Crippen molar-refractivity contribution in [2.45, 2.75) is 51.2 Å². The summed E-state index contributed by atoms with van der Waals surface area (Å²) in [6.45, 7) is 1.94. The van der Waals surface area contributed by atoms with Gasteiger partial charge in [-0.25, -0.2) is 9.67 Å². The number of ether oxygens (including phenoxy) is 1. The van der Waals surface area contributed by atoms with Crippen LogP contribution < -0.4 is 0 Å². The second-order valence-electron chi connectivity index (χ2n) is 5.41. The van der Waals surface area contributed by atoms with Crippen LogP contribution in [-0.2, 0) is 24.1 Å². The van der Waals surface area contributed by atoms with Crippen molar-refractivity contribution in [3.05, 3.63) is 11.6 Å². The highest BCUT2D eigenvalue weighted by molar-refractivity contribution is 4.98. The quantitative estimate of drug-likeness (QED) is 0.868. The molecule has 2 aliphatic heterocycles. The van der Waals surface area contributed by atoms with Crippen molar-refractivity contribution in [3.63, 3.8) is 0 Å². The number of hydrogen-bond donors (Lipinski definition) is 1. The van der Waals surface area contributed by atoms with Crippen LogP contribution in [0, 0.1) is 5.92 Å². The average Bonchev–Trinajstić information content (AvgIpc) is 2.80. The molecule has 1 fully saturated rings. The molecule has 3 heterocycles. The molecule has 2 aliphatic rings. The van der Waals surface area contributed by atoms with Gasteiger partial charge in [0.1, 0.15) is 5.82 Å².